The molecule has 2 saturated heterocycles. The third-order valence-electron chi connectivity index (χ3n) is 10.7. The summed E-state index contributed by atoms with van der Waals surface area (Å²) in [7, 11) is 6.77. The number of nitrogens with zero attached hydrogens (tertiary/aromatic N) is 1. The number of cyclic esters (lactones) is 1. The van der Waals surface area contributed by atoms with Crippen LogP contribution < -0.4 is 10.1 Å². The van der Waals surface area contributed by atoms with Crippen molar-refractivity contribution in [3.8, 4) is 5.75 Å². The lowest BCUT2D eigenvalue weighted by Gasteiger charge is -2.48. The monoisotopic (exact) mass is 738 g/mol. The summed E-state index contributed by atoms with van der Waals surface area (Å²) in [5.74, 6) is -4.28. The zero-order valence-corrected chi connectivity index (χ0v) is 32.6. The van der Waals surface area contributed by atoms with Crippen LogP contribution in [0.3, 0.4) is 0 Å². The average Bonchev–Trinajstić information content (AvgIpc) is 3.10. The molecule has 2 fully saturated rings. The number of carbonyl (C=O) groups is 3. The van der Waals surface area contributed by atoms with Gasteiger partial charge in [-0.3, -0.25) is 14.4 Å². The molecule has 4 N–H and O–H groups in total. The predicted octanol–water partition coefficient (Wildman–Crippen LogP) is 2.23. The van der Waals surface area contributed by atoms with Gasteiger partial charge in [0.25, 0.3) is 0 Å². The molecule has 1 aromatic carbocycles. The molecule has 0 spiro atoms. The molecule has 14 heteroatoms. The lowest BCUT2D eigenvalue weighted by molar-refractivity contribution is -0.301. The third kappa shape index (κ3) is 10.6. The molecule has 3 rings (SSSR count). The van der Waals surface area contributed by atoms with Crippen molar-refractivity contribution in [1.29, 1.82) is 0 Å². The minimum absolute atomic E-state index is 0.113. The Morgan fingerprint density at radius 3 is 2.17 bits per heavy atom. The molecular formula is C38H62N2O12. The summed E-state index contributed by atoms with van der Waals surface area (Å²) in [5, 5.41) is 36.5. The van der Waals surface area contributed by atoms with Gasteiger partial charge < -0.3 is 54.0 Å². The number of likely N-dealkylation sites (N-methyl/N-ethyl adjacent to an activating group) is 1. The fraction of sp³-hybridized carbons (Fsp3) is 0.763. The van der Waals surface area contributed by atoms with Gasteiger partial charge in [-0.2, -0.15) is 0 Å². The second-order valence-electron chi connectivity index (χ2n) is 15.0. The minimum Gasteiger partial charge on any atom is -0.497 e. The summed E-state index contributed by atoms with van der Waals surface area (Å²) in [6.45, 7) is 11.9. The van der Waals surface area contributed by atoms with Crippen LogP contribution in [-0.4, -0.2) is 133 Å². The summed E-state index contributed by atoms with van der Waals surface area (Å²) >= 11 is 0. The zero-order chi connectivity index (χ0) is 39.1. The topological polar surface area (TPSA) is 183 Å². The number of carbonyl (C=O) groups excluding carboxylic acids is 3. The highest BCUT2D eigenvalue weighted by Gasteiger charge is 2.50. The molecule has 0 aromatic heterocycles. The fourth-order valence-corrected chi connectivity index (χ4v) is 7.37. The second kappa shape index (κ2) is 19.0. The molecule has 0 saturated carbocycles. The molecule has 2 aliphatic rings. The molecule has 52 heavy (non-hydrogen) atoms. The van der Waals surface area contributed by atoms with E-state index in [4.69, 9.17) is 28.4 Å². The molecule has 2 heterocycles. The van der Waals surface area contributed by atoms with E-state index in [0.29, 0.717) is 17.7 Å². The van der Waals surface area contributed by atoms with Crippen LogP contribution >= 0.6 is 0 Å². The van der Waals surface area contributed by atoms with E-state index in [1.165, 1.54) is 14.0 Å². The van der Waals surface area contributed by atoms with Crippen molar-refractivity contribution in [2.24, 2.45) is 17.8 Å². The van der Waals surface area contributed by atoms with Gasteiger partial charge >= 0.3 is 11.9 Å². The van der Waals surface area contributed by atoms with E-state index in [1.807, 2.05) is 25.9 Å². The number of benzene rings is 1. The van der Waals surface area contributed by atoms with E-state index >= 15 is 0 Å². The standard InChI is InChI=1S/C38H62N2O12/c1-12-28-32(44)30(42)22(4)35(45)39-20(2)19-38(7,48-11)34(52-37-31(43)27(40(8)9)17-21(3)49-37)23(5)33(24(6)36(46)50-28)51-29(41)18-25-13-15-26(47-10)16-14-25/h13-16,20-24,27-28,30-34,37,42-44H,12,17-19H2,1-11H3,(H,39,45)/t20-,21-,22-,23+,24-,27-,28-,30+,31-,32-,33+,34-,37+,38-/m1/s1. The van der Waals surface area contributed by atoms with Crippen molar-refractivity contribution < 1.29 is 58.1 Å². The number of rotatable bonds is 9. The van der Waals surface area contributed by atoms with E-state index in [-0.39, 0.29) is 31.4 Å². The van der Waals surface area contributed by atoms with Crippen LogP contribution in [0.4, 0.5) is 0 Å². The van der Waals surface area contributed by atoms with Crippen LogP contribution in [0.15, 0.2) is 24.3 Å². The van der Waals surface area contributed by atoms with Crippen LogP contribution in [0.5, 0.6) is 5.75 Å². The van der Waals surface area contributed by atoms with E-state index in [0.717, 1.165) is 0 Å². The Kier molecular flexibility index (Phi) is 15.9. The number of hydrogen-bond acceptors (Lipinski definition) is 13. The predicted molar refractivity (Wildman–Crippen MR) is 191 cm³/mol. The first-order valence-electron chi connectivity index (χ1n) is 18.3. The van der Waals surface area contributed by atoms with Crippen molar-refractivity contribution >= 4 is 17.8 Å². The van der Waals surface area contributed by atoms with Gasteiger partial charge in [0.15, 0.2) is 6.29 Å². The Balaban J connectivity index is 2.15. The maximum absolute atomic E-state index is 13.9. The lowest BCUT2D eigenvalue weighted by Crippen LogP contribution is -2.60. The summed E-state index contributed by atoms with van der Waals surface area (Å²) < 4.78 is 36.3. The molecule has 0 unspecified atom stereocenters. The molecule has 296 valence electrons. The van der Waals surface area contributed by atoms with Gasteiger partial charge in [0, 0.05) is 25.1 Å². The SMILES string of the molecule is CC[C@H]1OC(=O)[C@H](C)[C@@H](OC(=O)Cc2ccc(OC)cc2)[C@H](C)[C@@H](O[C@@H]2O[C@H](C)C[C@@H](N(C)C)[C@H]2O)[C@](C)(OC)C[C@@H](C)NC(=O)[C@H](C)[C@H](O)[C@@H]1O. The van der Waals surface area contributed by atoms with E-state index < -0.39 is 90.2 Å². The first kappa shape index (κ1) is 43.6. The summed E-state index contributed by atoms with van der Waals surface area (Å²) in [4.78, 5) is 42.9. The Morgan fingerprint density at radius 1 is 0.981 bits per heavy atom. The average molecular weight is 739 g/mol. The quantitative estimate of drug-likeness (QED) is 0.271. The summed E-state index contributed by atoms with van der Waals surface area (Å²) in [6, 6.07) is 6.09. The highest BCUT2D eigenvalue weighted by atomic mass is 16.7. The molecule has 1 aromatic rings. The van der Waals surface area contributed by atoms with Crippen molar-refractivity contribution in [2.45, 2.75) is 141 Å². The molecular weight excluding hydrogens is 676 g/mol. The maximum atomic E-state index is 13.9. The van der Waals surface area contributed by atoms with Crippen molar-refractivity contribution in [1.82, 2.24) is 10.2 Å². The number of amides is 1. The van der Waals surface area contributed by atoms with E-state index in [1.54, 1.807) is 66.0 Å². The molecule has 0 aliphatic carbocycles. The molecule has 2 aliphatic heterocycles. The Hall–Kier alpha value is -2.85. The number of aliphatic hydroxyl groups excluding tert-OH is 3. The van der Waals surface area contributed by atoms with Crippen LogP contribution in [0.2, 0.25) is 0 Å². The van der Waals surface area contributed by atoms with Crippen LogP contribution in [0, 0.1) is 17.8 Å². The van der Waals surface area contributed by atoms with Gasteiger partial charge in [-0.1, -0.05) is 32.9 Å². The first-order chi connectivity index (χ1) is 24.4. The highest BCUT2D eigenvalue weighted by Crippen LogP contribution is 2.38. The van der Waals surface area contributed by atoms with Gasteiger partial charge in [0.05, 0.1) is 49.3 Å². The minimum atomic E-state index is -1.58. The van der Waals surface area contributed by atoms with Crippen LogP contribution in [-0.2, 0) is 44.5 Å². The number of aliphatic hydroxyl groups is 3. The Morgan fingerprint density at radius 2 is 1.62 bits per heavy atom. The van der Waals surface area contributed by atoms with Crippen molar-refractivity contribution in [3.63, 3.8) is 0 Å². The Labute approximate surface area is 308 Å². The smallest absolute Gasteiger partial charge is 0.312 e. The van der Waals surface area contributed by atoms with Crippen LogP contribution in [0.25, 0.3) is 0 Å². The van der Waals surface area contributed by atoms with Gasteiger partial charge in [-0.25, -0.2) is 0 Å². The number of nitrogens with one attached hydrogen (secondary N) is 1. The first-order valence-corrected chi connectivity index (χ1v) is 18.3. The van der Waals surface area contributed by atoms with E-state index in [2.05, 4.69) is 5.32 Å². The summed E-state index contributed by atoms with van der Waals surface area (Å²) in [5.41, 5.74) is -0.578. The maximum Gasteiger partial charge on any atom is 0.312 e. The molecule has 0 radical (unpaired) electrons. The number of ether oxygens (including phenoxy) is 6. The van der Waals surface area contributed by atoms with Gasteiger partial charge in [-0.15, -0.1) is 0 Å². The second-order valence-corrected chi connectivity index (χ2v) is 15.0. The number of esters is 2. The number of methoxy groups -OCH3 is 2. The highest BCUT2D eigenvalue weighted by molar-refractivity contribution is 5.79. The van der Waals surface area contributed by atoms with E-state index in [9.17, 15) is 29.7 Å². The normalized spacial score (nSPS) is 38.4. The third-order valence-corrected chi connectivity index (χ3v) is 10.7. The Bertz CT molecular complexity index is 1310. The molecule has 1 amide bonds. The molecule has 0 bridgehead atoms. The van der Waals surface area contributed by atoms with Crippen molar-refractivity contribution in [2.75, 3.05) is 28.3 Å². The molecule has 14 nitrogen and oxygen atoms in total. The zero-order valence-electron chi connectivity index (χ0n) is 32.6. The van der Waals surface area contributed by atoms with Crippen LogP contribution in [0.1, 0.15) is 73.3 Å². The number of hydrogen-bond donors (Lipinski definition) is 4. The van der Waals surface area contributed by atoms with Gasteiger partial charge in [0.2, 0.25) is 5.91 Å². The fourth-order valence-electron chi connectivity index (χ4n) is 7.37. The largest absolute Gasteiger partial charge is 0.497 e. The van der Waals surface area contributed by atoms with Gasteiger partial charge in [0.1, 0.15) is 30.2 Å². The molecule has 14 atom stereocenters. The summed E-state index contributed by atoms with van der Waals surface area (Å²) in [6.07, 6.45) is -8.20. The van der Waals surface area contributed by atoms with Gasteiger partial charge in [-0.05, 0) is 78.7 Å². The lowest BCUT2D eigenvalue weighted by atomic mass is 9.78. The van der Waals surface area contributed by atoms with Crippen molar-refractivity contribution in [3.05, 3.63) is 29.8 Å².